The number of rotatable bonds is 8. The topological polar surface area (TPSA) is 24.5 Å². The summed E-state index contributed by atoms with van der Waals surface area (Å²) < 4.78 is 5.79. The molecular formula is C18H30N2O. The molecule has 3 heteroatoms. The lowest BCUT2D eigenvalue weighted by atomic mass is 9.90. The first-order chi connectivity index (χ1) is 10.3. The Morgan fingerprint density at radius 2 is 1.86 bits per heavy atom. The van der Waals surface area contributed by atoms with Crippen molar-refractivity contribution in [1.82, 2.24) is 10.2 Å². The van der Waals surface area contributed by atoms with Crippen molar-refractivity contribution in [2.75, 3.05) is 26.7 Å². The fourth-order valence-electron chi connectivity index (χ4n) is 3.08. The molecule has 1 N–H and O–H groups in total. The van der Waals surface area contributed by atoms with Crippen molar-refractivity contribution in [3.8, 4) is 5.75 Å². The lowest BCUT2D eigenvalue weighted by Crippen LogP contribution is -2.42. The molecule has 1 aromatic carbocycles. The third-order valence-corrected chi connectivity index (χ3v) is 4.46. The third-order valence-electron chi connectivity index (χ3n) is 4.46. The maximum Gasteiger partial charge on any atom is 0.119 e. The molecule has 0 aliphatic heterocycles. The Kier molecular flexibility index (Phi) is 7.04. The van der Waals surface area contributed by atoms with Gasteiger partial charge in [0.15, 0.2) is 0 Å². The van der Waals surface area contributed by atoms with E-state index in [1.807, 2.05) is 30.3 Å². The van der Waals surface area contributed by atoms with Gasteiger partial charge in [-0.3, -0.25) is 0 Å². The lowest BCUT2D eigenvalue weighted by molar-refractivity contribution is 0.149. The molecule has 0 spiro atoms. The van der Waals surface area contributed by atoms with E-state index in [9.17, 15) is 0 Å². The second-order valence-electron chi connectivity index (χ2n) is 6.10. The Bertz CT molecular complexity index is 374. The highest BCUT2D eigenvalue weighted by molar-refractivity contribution is 5.20. The average Bonchev–Trinajstić information content (AvgIpc) is 2.54. The van der Waals surface area contributed by atoms with Gasteiger partial charge in [0.1, 0.15) is 12.4 Å². The van der Waals surface area contributed by atoms with E-state index in [4.69, 9.17) is 4.74 Å². The van der Waals surface area contributed by atoms with E-state index in [1.54, 1.807) is 0 Å². The molecule has 0 amide bonds. The van der Waals surface area contributed by atoms with Crippen LogP contribution >= 0.6 is 0 Å². The molecular weight excluding hydrogens is 260 g/mol. The first-order valence-electron chi connectivity index (χ1n) is 8.41. The monoisotopic (exact) mass is 290 g/mol. The number of nitrogens with one attached hydrogen (secondary N) is 1. The molecule has 0 bridgehead atoms. The number of benzene rings is 1. The number of para-hydroxylation sites is 1. The number of nitrogens with zero attached hydrogens (tertiary/aromatic N) is 1. The number of hydrogen-bond donors (Lipinski definition) is 1. The predicted molar refractivity (Wildman–Crippen MR) is 88.9 cm³/mol. The van der Waals surface area contributed by atoms with Gasteiger partial charge in [-0.15, -0.1) is 0 Å². The highest BCUT2D eigenvalue weighted by Crippen LogP contribution is 2.22. The van der Waals surface area contributed by atoms with Crippen molar-refractivity contribution < 1.29 is 4.74 Å². The lowest BCUT2D eigenvalue weighted by Gasteiger charge is -2.35. The molecule has 21 heavy (non-hydrogen) atoms. The fraction of sp³-hybridized carbons (Fsp3) is 0.667. The van der Waals surface area contributed by atoms with Crippen LogP contribution in [-0.2, 0) is 0 Å². The molecule has 0 saturated heterocycles. The zero-order chi connectivity index (χ0) is 14.9. The standard InChI is InChI=1S/C18H30N2O/c1-3-13-19-16-9-11-17(12-10-16)20(2)14-15-21-18-7-5-4-6-8-18/h4-8,16-17,19H,3,9-15H2,1-2H3. The molecule has 1 aliphatic rings. The van der Waals surface area contributed by atoms with E-state index >= 15 is 0 Å². The van der Waals surface area contributed by atoms with Gasteiger partial charge in [-0.25, -0.2) is 0 Å². The first-order valence-corrected chi connectivity index (χ1v) is 8.41. The van der Waals surface area contributed by atoms with Gasteiger partial charge in [0.05, 0.1) is 0 Å². The van der Waals surface area contributed by atoms with E-state index in [1.165, 1.54) is 32.1 Å². The van der Waals surface area contributed by atoms with Crippen LogP contribution in [0.5, 0.6) is 5.75 Å². The highest BCUT2D eigenvalue weighted by atomic mass is 16.5. The largest absolute Gasteiger partial charge is 0.492 e. The van der Waals surface area contributed by atoms with Gasteiger partial charge in [0, 0.05) is 18.6 Å². The third kappa shape index (κ3) is 5.68. The van der Waals surface area contributed by atoms with Crippen LogP contribution in [0.1, 0.15) is 39.0 Å². The molecule has 1 saturated carbocycles. The average molecular weight is 290 g/mol. The SMILES string of the molecule is CCCNC1CCC(N(C)CCOc2ccccc2)CC1. The number of ether oxygens (including phenoxy) is 1. The summed E-state index contributed by atoms with van der Waals surface area (Å²) in [5.41, 5.74) is 0. The van der Waals surface area contributed by atoms with Gasteiger partial charge in [-0.1, -0.05) is 25.1 Å². The van der Waals surface area contributed by atoms with Gasteiger partial charge >= 0.3 is 0 Å². The van der Waals surface area contributed by atoms with Crippen molar-refractivity contribution in [3.05, 3.63) is 30.3 Å². The minimum Gasteiger partial charge on any atom is -0.492 e. The summed E-state index contributed by atoms with van der Waals surface area (Å²) in [6.45, 7) is 5.18. The van der Waals surface area contributed by atoms with Crippen molar-refractivity contribution in [2.45, 2.75) is 51.1 Å². The minimum atomic E-state index is 0.726. The summed E-state index contributed by atoms with van der Waals surface area (Å²) in [4.78, 5) is 2.47. The van der Waals surface area contributed by atoms with Crippen LogP contribution in [0.25, 0.3) is 0 Å². The van der Waals surface area contributed by atoms with E-state index in [0.717, 1.165) is 37.5 Å². The van der Waals surface area contributed by atoms with Crippen molar-refractivity contribution in [3.63, 3.8) is 0 Å². The molecule has 0 aromatic heterocycles. The van der Waals surface area contributed by atoms with Crippen LogP contribution in [0, 0.1) is 0 Å². The van der Waals surface area contributed by atoms with Crippen LogP contribution in [0.2, 0.25) is 0 Å². The Labute approximate surface area is 129 Å². The van der Waals surface area contributed by atoms with E-state index in [-0.39, 0.29) is 0 Å². The molecule has 1 aromatic rings. The molecule has 2 rings (SSSR count). The maximum absolute atomic E-state index is 5.79. The second kappa shape index (κ2) is 9.06. The smallest absolute Gasteiger partial charge is 0.119 e. The summed E-state index contributed by atoms with van der Waals surface area (Å²) in [5, 5.41) is 3.65. The summed E-state index contributed by atoms with van der Waals surface area (Å²) in [6.07, 6.45) is 6.48. The molecule has 3 nitrogen and oxygen atoms in total. The van der Waals surface area contributed by atoms with Gasteiger partial charge in [0.2, 0.25) is 0 Å². The molecule has 0 atom stereocenters. The second-order valence-corrected chi connectivity index (χ2v) is 6.10. The maximum atomic E-state index is 5.79. The normalized spacial score (nSPS) is 22.4. The Morgan fingerprint density at radius 3 is 2.52 bits per heavy atom. The van der Waals surface area contributed by atoms with Crippen LogP contribution in [-0.4, -0.2) is 43.7 Å². The van der Waals surface area contributed by atoms with Crippen molar-refractivity contribution >= 4 is 0 Å². The number of hydrogen-bond acceptors (Lipinski definition) is 3. The van der Waals surface area contributed by atoms with Gasteiger partial charge in [-0.2, -0.15) is 0 Å². The zero-order valence-corrected chi connectivity index (χ0v) is 13.6. The minimum absolute atomic E-state index is 0.726. The van der Waals surface area contributed by atoms with Gasteiger partial charge in [0.25, 0.3) is 0 Å². The summed E-state index contributed by atoms with van der Waals surface area (Å²) in [5.74, 6) is 0.971. The Balaban J connectivity index is 1.62. The molecule has 118 valence electrons. The summed E-state index contributed by atoms with van der Waals surface area (Å²) in [6, 6.07) is 11.6. The Morgan fingerprint density at radius 1 is 1.14 bits per heavy atom. The van der Waals surface area contributed by atoms with Gasteiger partial charge in [-0.05, 0) is 57.8 Å². The van der Waals surface area contributed by atoms with Crippen molar-refractivity contribution in [1.29, 1.82) is 0 Å². The highest BCUT2D eigenvalue weighted by Gasteiger charge is 2.23. The van der Waals surface area contributed by atoms with Crippen LogP contribution < -0.4 is 10.1 Å². The van der Waals surface area contributed by atoms with E-state index < -0.39 is 0 Å². The van der Waals surface area contributed by atoms with E-state index in [2.05, 4.69) is 24.2 Å². The summed E-state index contributed by atoms with van der Waals surface area (Å²) >= 11 is 0. The van der Waals surface area contributed by atoms with Crippen LogP contribution in [0.4, 0.5) is 0 Å². The fourth-order valence-corrected chi connectivity index (χ4v) is 3.08. The Hall–Kier alpha value is -1.06. The van der Waals surface area contributed by atoms with E-state index in [0.29, 0.717) is 0 Å². The predicted octanol–water partition coefficient (Wildman–Crippen LogP) is 3.31. The molecule has 1 aliphatic carbocycles. The first kappa shape index (κ1) is 16.3. The number of likely N-dealkylation sites (N-methyl/N-ethyl adjacent to an activating group) is 1. The van der Waals surface area contributed by atoms with Crippen molar-refractivity contribution in [2.24, 2.45) is 0 Å². The molecule has 0 unspecified atom stereocenters. The summed E-state index contributed by atoms with van der Waals surface area (Å²) in [7, 11) is 2.23. The van der Waals surface area contributed by atoms with Gasteiger partial charge < -0.3 is 15.0 Å². The van der Waals surface area contributed by atoms with Crippen LogP contribution in [0.3, 0.4) is 0 Å². The van der Waals surface area contributed by atoms with Crippen LogP contribution in [0.15, 0.2) is 30.3 Å². The quantitative estimate of drug-likeness (QED) is 0.795. The molecule has 0 heterocycles. The molecule has 0 radical (unpaired) electrons. The molecule has 1 fully saturated rings. The zero-order valence-electron chi connectivity index (χ0n) is 13.6.